The van der Waals surface area contributed by atoms with Crippen molar-refractivity contribution in [2.24, 2.45) is 11.5 Å². The Morgan fingerprint density at radius 3 is 2.16 bits per heavy atom. The van der Waals surface area contributed by atoms with Crippen LogP contribution >= 0.6 is 0 Å². The molecule has 13 nitrogen and oxygen atoms in total. The third-order valence-electron chi connectivity index (χ3n) is 5.99. The van der Waals surface area contributed by atoms with Crippen molar-refractivity contribution in [2.75, 3.05) is 6.54 Å². The van der Waals surface area contributed by atoms with Crippen LogP contribution in [-0.4, -0.2) is 75.6 Å². The van der Waals surface area contributed by atoms with Gasteiger partial charge < -0.3 is 42.6 Å². The lowest BCUT2D eigenvalue weighted by molar-refractivity contribution is -0.142. The number of nitrogens with two attached hydrogens (primary N) is 2. The highest BCUT2D eigenvalue weighted by molar-refractivity contribution is 5.95. The number of carbonyl (C=O) groups is 5. The van der Waals surface area contributed by atoms with Crippen molar-refractivity contribution in [3.8, 4) is 0 Å². The van der Waals surface area contributed by atoms with E-state index in [1.54, 1.807) is 6.20 Å². The summed E-state index contributed by atoms with van der Waals surface area (Å²) < 4.78 is 0. The van der Waals surface area contributed by atoms with Gasteiger partial charge in [0.05, 0.1) is 6.04 Å². The van der Waals surface area contributed by atoms with Gasteiger partial charge in [-0.2, -0.15) is 0 Å². The molecule has 1 aromatic carbocycles. The first kappa shape index (κ1) is 30.3. The summed E-state index contributed by atoms with van der Waals surface area (Å²) in [6.07, 6.45) is 2.25. The molecule has 2 aromatic rings. The summed E-state index contributed by atoms with van der Waals surface area (Å²) in [7, 11) is 0. The standard InChI is InChI=1S/C25H36N6O7/c1-14(27)22(34)29-18(9-10-21(32)33)23(35)31-20(12-15-13-28-17-7-3-2-6-16(15)17)24(36)30-19(25(37)38)8-4-5-11-26/h2-3,6-7,13-14,18-20,28H,4-5,8-12,26-27H2,1H3,(H,29,34)(H,30,36)(H,31,35)(H,32,33)(H,37,38). The monoisotopic (exact) mass is 532 g/mol. The second-order valence-corrected chi connectivity index (χ2v) is 9.09. The predicted octanol–water partition coefficient (Wildman–Crippen LogP) is -0.410. The highest BCUT2D eigenvalue weighted by Crippen LogP contribution is 2.19. The summed E-state index contributed by atoms with van der Waals surface area (Å²) in [4.78, 5) is 64.6. The molecule has 13 heteroatoms. The molecule has 0 spiro atoms. The van der Waals surface area contributed by atoms with Crippen LogP contribution in [0.1, 0.15) is 44.6 Å². The molecule has 2 rings (SSSR count). The molecule has 0 saturated heterocycles. The molecule has 1 aromatic heterocycles. The second-order valence-electron chi connectivity index (χ2n) is 9.09. The number of aromatic nitrogens is 1. The van der Waals surface area contributed by atoms with Crippen LogP contribution in [-0.2, 0) is 30.4 Å². The van der Waals surface area contributed by atoms with E-state index in [9.17, 15) is 29.1 Å². The summed E-state index contributed by atoms with van der Waals surface area (Å²) in [5.74, 6) is -4.60. The molecule has 208 valence electrons. The van der Waals surface area contributed by atoms with E-state index in [0.29, 0.717) is 24.9 Å². The molecule has 0 fully saturated rings. The van der Waals surface area contributed by atoms with Crippen molar-refractivity contribution >= 4 is 40.6 Å². The first-order chi connectivity index (χ1) is 18.0. The Labute approximate surface area is 219 Å². The largest absolute Gasteiger partial charge is 0.481 e. The number of unbranched alkanes of at least 4 members (excludes halogenated alkanes) is 1. The summed E-state index contributed by atoms with van der Waals surface area (Å²) in [6.45, 7) is 1.79. The van der Waals surface area contributed by atoms with E-state index < -0.39 is 60.2 Å². The van der Waals surface area contributed by atoms with Crippen LogP contribution in [0.2, 0.25) is 0 Å². The van der Waals surface area contributed by atoms with Crippen LogP contribution < -0.4 is 27.4 Å². The summed E-state index contributed by atoms with van der Waals surface area (Å²) >= 11 is 0. The lowest BCUT2D eigenvalue weighted by Gasteiger charge is -2.25. The molecule has 10 N–H and O–H groups in total. The third kappa shape index (κ3) is 9.16. The normalized spacial score (nSPS) is 14.2. The van der Waals surface area contributed by atoms with E-state index >= 15 is 0 Å². The lowest BCUT2D eigenvalue weighted by Crippen LogP contribution is -2.57. The molecule has 0 bridgehead atoms. The maximum absolute atomic E-state index is 13.3. The van der Waals surface area contributed by atoms with E-state index in [0.717, 1.165) is 10.9 Å². The molecule has 0 saturated carbocycles. The van der Waals surface area contributed by atoms with E-state index in [4.69, 9.17) is 16.6 Å². The first-order valence-corrected chi connectivity index (χ1v) is 12.4. The molecule has 3 amide bonds. The Morgan fingerprint density at radius 2 is 1.53 bits per heavy atom. The number of hydrogen-bond acceptors (Lipinski definition) is 7. The topological polar surface area (TPSA) is 230 Å². The number of carboxylic acid groups (broad SMARTS) is 2. The molecular formula is C25H36N6O7. The van der Waals surface area contributed by atoms with Crippen molar-refractivity contribution in [1.82, 2.24) is 20.9 Å². The quantitative estimate of drug-likeness (QED) is 0.131. The van der Waals surface area contributed by atoms with Gasteiger partial charge in [0.25, 0.3) is 0 Å². The zero-order chi connectivity index (χ0) is 28.2. The number of benzene rings is 1. The van der Waals surface area contributed by atoms with Gasteiger partial charge in [0.15, 0.2) is 0 Å². The minimum atomic E-state index is -1.28. The Morgan fingerprint density at radius 1 is 0.895 bits per heavy atom. The van der Waals surface area contributed by atoms with Gasteiger partial charge in [-0.1, -0.05) is 18.2 Å². The number of carbonyl (C=O) groups excluding carboxylic acids is 3. The van der Waals surface area contributed by atoms with Gasteiger partial charge in [0.1, 0.15) is 18.1 Å². The fourth-order valence-electron chi connectivity index (χ4n) is 3.86. The van der Waals surface area contributed by atoms with Crippen molar-refractivity contribution in [1.29, 1.82) is 0 Å². The number of para-hydroxylation sites is 1. The molecule has 0 radical (unpaired) electrons. The fraction of sp³-hybridized carbons (Fsp3) is 0.480. The van der Waals surface area contributed by atoms with Gasteiger partial charge in [-0.3, -0.25) is 19.2 Å². The summed E-state index contributed by atoms with van der Waals surface area (Å²) in [5.41, 5.74) is 12.6. The number of H-pyrrole nitrogens is 1. The number of aliphatic carboxylic acids is 2. The summed E-state index contributed by atoms with van der Waals surface area (Å²) in [5, 5.41) is 26.9. The van der Waals surface area contributed by atoms with Gasteiger partial charge in [-0.25, -0.2) is 4.79 Å². The maximum atomic E-state index is 13.3. The van der Waals surface area contributed by atoms with Crippen LogP contribution in [0.4, 0.5) is 0 Å². The highest BCUT2D eigenvalue weighted by atomic mass is 16.4. The number of rotatable bonds is 16. The Bertz CT molecular complexity index is 1130. The van der Waals surface area contributed by atoms with E-state index in [1.165, 1.54) is 6.92 Å². The Balaban J connectivity index is 2.31. The zero-order valence-corrected chi connectivity index (χ0v) is 21.2. The van der Waals surface area contributed by atoms with Crippen molar-refractivity contribution in [2.45, 2.75) is 69.6 Å². The van der Waals surface area contributed by atoms with Crippen LogP contribution in [0.15, 0.2) is 30.5 Å². The van der Waals surface area contributed by atoms with Gasteiger partial charge in [-0.15, -0.1) is 0 Å². The second kappa shape index (κ2) is 14.7. The number of hydrogen-bond donors (Lipinski definition) is 8. The van der Waals surface area contributed by atoms with Gasteiger partial charge >= 0.3 is 11.9 Å². The van der Waals surface area contributed by atoms with Crippen LogP contribution in [0, 0.1) is 0 Å². The first-order valence-electron chi connectivity index (χ1n) is 12.4. The van der Waals surface area contributed by atoms with Crippen LogP contribution in [0.3, 0.4) is 0 Å². The minimum Gasteiger partial charge on any atom is -0.481 e. The van der Waals surface area contributed by atoms with Gasteiger partial charge in [0.2, 0.25) is 17.7 Å². The highest BCUT2D eigenvalue weighted by Gasteiger charge is 2.30. The lowest BCUT2D eigenvalue weighted by atomic mass is 10.0. The number of aromatic amines is 1. The molecule has 0 aliphatic heterocycles. The SMILES string of the molecule is CC(N)C(=O)NC(CCC(=O)O)C(=O)NC(Cc1c[nH]c2ccccc12)C(=O)NC(CCCCN)C(=O)O. The van der Waals surface area contributed by atoms with Crippen LogP contribution in [0.25, 0.3) is 10.9 Å². The minimum absolute atomic E-state index is 0.00359. The zero-order valence-electron chi connectivity index (χ0n) is 21.2. The van der Waals surface area contributed by atoms with Crippen molar-refractivity contribution in [3.05, 3.63) is 36.0 Å². The van der Waals surface area contributed by atoms with Gasteiger partial charge in [-0.05, 0) is 50.8 Å². The van der Waals surface area contributed by atoms with E-state index in [1.807, 2.05) is 24.3 Å². The van der Waals surface area contributed by atoms with E-state index in [-0.39, 0.29) is 19.3 Å². The smallest absolute Gasteiger partial charge is 0.326 e. The Hall–Kier alpha value is -3.97. The third-order valence-corrected chi connectivity index (χ3v) is 5.99. The maximum Gasteiger partial charge on any atom is 0.326 e. The number of nitrogens with one attached hydrogen (secondary N) is 4. The molecule has 0 aliphatic carbocycles. The molecule has 4 unspecified atom stereocenters. The average molecular weight is 533 g/mol. The predicted molar refractivity (Wildman–Crippen MR) is 139 cm³/mol. The number of carboxylic acids is 2. The molecule has 1 heterocycles. The van der Waals surface area contributed by atoms with Crippen molar-refractivity contribution in [3.63, 3.8) is 0 Å². The molecule has 0 aliphatic rings. The molecule has 38 heavy (non-hydrogen) atoms. The van der Waals surface area contributed by atoms with E-state index in [2.05, 4.69) is 20.9 Å². The summed E-state index contributed by atoms with van der Waals surface area (Å²) in [6, 6.07) is 2.68. The fourth-order valence-corrected chi connectivity index (χ4v) is 3.86. The molecule has 4 atom stereocenters. The molecular weight excluding hydrogens is 496 g/mol. The van der Waals surface area contributed by atoms with Crippen molar-refractivity contribution < 1.29 is 34.2 Å². The van der Waals surface area contributed by atoms with Gasteiger partial charge in [0, 0.05) is 29.9 Å². The average Bonchev–Trinajstić information content (AvgIpc) is 3.27. The number of fused-ring (bicyclic) bond motifs is 1. The Kier molecular flexibility index (Phi) is 11.7. The number of amides is 3. The van der Waals surface area contributed by atoms with Crippen LogP contribution in [0.5, 0.6) is 0 Å².